The minimum Gasteiger partial charge on any atom is -0.497 e. The van der Waals surface area contributed by atoms with Crippen LogP contribution in [-0.4, -0.2) is 23.8 Å². The second-order valence-corrected chi connectivity index (χ2v) is 7.78. The van der Waals surface area contributed by atoms with Gasteiger partial charge >= 0.3 is 0 Å². The summed E-state index contributed by atoms with van der Waals surface area (Å²) in [6, 6.07) is 8.08. The minimum absolute atomic E-state index is 0.0653. The Kier molecular flexibility index (Phi) is 5.23. The van der Waals surface area contributed by atoms with Gasteiger partial charge in [-0.1, -0.05) is 23.9 Å². The SMILES string of the molecule is COc1ccc(C(NC(=O)CSc2nc(C)cs2)C2CC2)cc1. The summed E-state index contributed by atoms with van der Waals surface area (Å²) in [4.78, 5) is 16.7. The van der Waals surface area contributed by atoms with Gasteiger partial charge in [0.15, 0.2) is 4.34 Å². The monoisotopic (exact) mass is 348 g/mol. The van der Waals surface area contributed by atoms with E-state index in [0.29, 0.717) is 11.7 Å². The van der Waals surface area contributed by atoms with Crippen molar-refractivity contribution in [3.63, 3.8) is 0 Å². The summed E-state index contributed by atoms with van der Waals surface area (Å²) in [5.74, 6) is 1.87. The predicted molar refractivity (Wildman–Crippen MR) is 94.2 cm³/mol. The Morgan fingerprint density at radius 1 is 1.43 bits per heavy atom. The number of rotatable bonds is 7. The molecule has 0 spiro atoms. The standard InChI is InChI=1S/C17H20N2O2S2/c1-11-9-22-17(18-11)23-10-15(20)19-16(12-3-4-12)13-5-7-14(21-2)8-6-13/h5-9,12,16H,3-4,10H2,1-2H3,(H,19,20). The maximum atomic E-state index is 12.3. The Hall–Kier alpha value is -1.53. The number of hydrogen-bond acceptors (Lipinski definition) is 5. The molecule has 122 valence electrons. The number of nitrogens with zero attached hydrogens (tertiary/aromatic N) is 1. The molecule has 6 heteroatoms. The van der Waals surface area contributed by atoms with Crippen molar-refractivity contribution in [1.29, 1.82) is 0 Å². The van der Waals surface area contributed by atoms with Crippen LogP contribution >= 0.6 is 23.1 Å². The zero-order chi connectivity index (χ0) is 16.2. The van der Waals surface area contributed by atoms with Crippen molar-refractivity contribution in [2.75, 3.05) is 12.9 Å². The number of amides is 1. The molecule has 0 saturated heterocycles. The van der Waals surface area contributed by atoms with Crippen LogP contribution in [-0.2, 0) is 4.79 Å². The van der Waals surface area contributed by atoms with Crippen LogP contribution < -0.4 is 10.1 Å². The fourth-order valence-corrected chi connectivity index (χ4v) is 4.12. The lowest BCUT2D eigenvalue weighted by atomic mass is 10.0. The molecule has 1 aromatic carbocycles. The first-order valence-electron chi connectivity index (χ1n) is 7.64. The van der Waals surface area contributed by atoms with Gasteiger partial charge in [-0.2, -0.15) is 0 Å². The zero-order valence-corrected chi connectivity index (χ0v) is 14.9. The highest BCUT2D eigenvalue weighted by Gasteiger charge is 2.33. The smallest absolute Gasteiger partial charge is 0.230 e. The van der Waals surface area contributed by atoms with Gasteiger partial charge in [0, 0.05) is 11.1 Å². The van der Waals surface area contributed by atoms with Crippen molar-refractivity contribution in [2.45, 2.75) is 30.1 Å². The minimum atomic E-state index is 0.0653. The van der Waals surface area contributed by atoms with Crippen molar-refractivity contribution in [3.05, 3.63) is 40.9 Å². The van der Waals surface area contributed by atoms with Gasteiger partial charge in [0.1, 0.15) is 5.75 Å². The van der Waals surface area contributed by atoms with E-state index < -0.39 is 0 Å². The Bertz CT molecular complexity index is 665. The number of hydrogen-bond donors (Lipinski definition) is 1. The molecule has 1 N–H and O–H groups in total. The first-order valence-corrected chi connectivity index (χ1v) is 9.50. The van der Waals surface area contributed by atoms with Gasteiger partial charge in [0.05, 0.1) is 18.9 Å². The molecule has 23 heavy (non-hydrogen) atoms. The molecule has 1 unspecified atom stereocenters. The summed E-state index contributed by atoms with van der Waals surface area (Å²) in [6.45, 7) is 1.97. The third kappa shape index (κ3) is 4.48. The lowest BCUT2D eigenvalue weighted by molar-refractivity contribution is -0.119. The molecule has 1 aliphatic carbocycles. The zero-order valence-electron chi connectivity index (χ0n) is 13.2. The second-order valence-electron chi connectivity index (χ2n) is 5.70. The molecule has 3 rings (SSSR count). The molecule has 1 heterocycles. The average molecular weight is 348 g/mol. The fraction of sp³-hybridized carbons (Fsp3) is 0.412. The molecule has 0 aliphatic heterocycles. The summed E-state index contributed by atoms with van der Waals surface area (Å²) in [5, 5.41) is 5.19. The number of carbonyl (C=O) groups excluding carboxylic acids is 1. The first-order chi connectivity index (χ1) is 11.2. The number of thiazole rings is 1. The fourth-order valence-electron chi connectivity index (χ4n) is 2.46. The van der Waals surface area contributed by atoms with E-state index in [-0.39, 0.29) is 11.9 Å². The molecule has 0 radical (unpaired) electrons. The Balaban J connectivity index is 1.59. The van der Waals surface area contributed by atoms with Gasteiger partial charge in [-0.05, 0) is 43.4 Å². The molecule has 1 fully saturated rings. The number of aryl methyl sites for hydroxylation is 1. The third-order valence-electron chi connectivity index (χ3n) is 3.81. The molecule has 1 aliphatic rings. The topological polar surface area (TPSA) is 51.2 Å². The van der Waals surface area contributed by atoms with Gasteiger partial charge in [-0.3, -0.25) is 4.79 Å². The predicted octanol–water partition coefficient (Wildman–Crippen LogP) is 3.82. The second kappa shape index (κ2) is 7.36. The number of carbonyl (C=O) groups is 1. The number of aromatic nitrogens is 1. The molecule has 1 amide bonds. The van der Waals surface area contributed by atoms with Crippen LogP contribution in [0.4, 0.5) is 0 Å². The molecule has 1 saturated carbocycles. The number of nitrogens with one attached hydrogen (secondary N) is 1. The molecule has 0 bridgehead atoms. The van der Waals surface area contributed by atoms with Crippen molar-refractivity contribution >= 4 is 29.0 Å². The summed E-state index contributed by atoms with van der Waals surface area (Å²) < 4.78 is 6.15. The van der Waals surface area contributed by atoms with E-state index in [1.54, 1.807) is 18.4 Å². The number of methoxy groups -OCH3 is 1. The highest BCUT2D eigenvalue weighted by molar-refractivity contribution is 8.01. The lowest BCUT2D eigenvalue weighted by Crippen LogP contribution is -2.31. The van der Waals surface area contributed by atoms with E-state index in [1.165, 1.54) is 24.6 Å². The van der Waals surface area contributed by atoms with E-state index in [0.717, 1.165) is 21.3 Å². The van der Waals surface area contributed by atoms with Crippen molar-refractivity contribution in [1.82, 2.24) is 10.3 Å². The van der Waals surface area contributed by atoms with E-state index in [2.05, 4.69) is 10.3 Å². The van der Waals surface area contributed by atoms with Gasteiger partial charge in [-0.15, -0.1) is 11.3 Å². The Morgan fingerprint density at radius 3 is 2.74 bits per heavy atom. The van der Waals surface area contributed by atoms with E-state index in [1.807, 2.05) is 36.6 Å². The maximum absolute atomic E-state index is 12.3. The highest BCUT2D eigenvalue weighted by Crippen LogP contribution is 2.41. The first kappa shape index (κ1) is 16.3. The van der Waals surface area contributed by atoms with Gasteiger partial charge in [-0.25, -0.2) is 4.98 Å². The van der Waals surface area contributed by atoms with E-state index in [9.17, 15) is 4.79 Å². The molecule has 1 atom stereocenters. The van der Waals surface area contributed by atoms with Gasteiger partial charge in [0.2, 0.25) is 5.91 Å². The highest BCUT2D eigenvalue weighted by atomic mass is 32.2. The van der Waals surface area contributed by atoms with Crippen LogP contribution in [0.1, 0.15) is 30.1 Å². The van der Waals surface area contributed by atoms with Crippen molar-refractivity contribution in [3.8, 4) is 5.75 Å². The average Bonchev–Trinajstić information content (AvgIpc) is 3.32. The molecular formula is C17H20N2O2S2. The number of thioether (sulfide) groups is 1. The van der Waals surface area contributed by atoms with Crippen molar-refractivity contribution < 1.29 is 9.53 Å². The quantitative estimate of drug-likeness (QED) is 0.773. The lowest BCUT2D eigenvalue weighted by Gasteiger charge is -2.19. The van der Waals surface area contributed by atoms with E-state index in [4.69, 9.17) is 4.74 Å². The molecule has 4 nitrogen and oxygen atoms in total. The van der Waals surface area contributed by atoms with Crippen LogP contribution in [0, 0.1) is 12.8 Å². The largest absolute Gasteiger partial charge is 0.497 e. The van der Waals surface area contributed by atoms with Crippen LogP contribution in [0.5, 0.6) is 5.75 Å². The number of benzene rings is 1. The van der Waals surface area contributed by atoms with Gasteiger partial charge in [0.25, 0.3) is 0 Å². The molecular weight excluding hydrogens is 328 g/mol. The normalized spacial score (nSPS) is 15.2. The Morgan fingerprint density at radius 2 is 2.17 bits per heavy atom. The van der Waals surface area contributed by atoms with Crippen LogP contribution in [0.2, 0.25) is 0 Å². The van der Waals surface area contributed by atoms with E-state index >= 15 is 0 Å². The third-order valence-corrected chi connectivity index (χ3v) is 5.95. The van der Waals surface area contributed by atoms with Crippen LogP contribution in [0.3, 0.4) is 0 Å². The molecule has 2 aromatic rings. The van der Waals surface area contributed by atoms with Gasteiger partial charge < -0.3 is 10.1 Å². The van der Waals surface area contributed by atoms with Crippen molar-refractivity contribution in [2.24, 2.45) is 5.92 Å². The van der Waals surface area contributed by atoms with Crippen LogP contribution in [0.25, 0.3) is 0 Å². The summed E-state index contributed by atoms with van der Waals surface area (Å²) in [7, 11) is 1.66. The number of ether oxygens (including phenoxy) is 1. The molecule has 1 aromatic heterocycles. The van der Waals surface area contributed by atoms with Crippen LogP contribution in [0.15, 0.2) is 34.0 Å². The maximum Gasteiger partial charge on any atom is 0.230 e. The summed E-state index contributed by atoms with van der Waals surface area (Å²) in [6.07, 6.45) is 2.35. The summed E-state index contributed by atoms with van der Waals surface area (Å²) in [5.41, 5.74) is 2.16. The summed E-state index contributed by atoms with van der Waals surface area (Å²) >= 11 is 3.09. The Labute approximate surface area is 144 Å².